The number of carbonyl (C=O) groups is 3. The number of carbonyl (C=O) groups excluding carboxylic acids is 3. The summed E-state index contributed by atoms with van der Waals surface area (Å²) in [5.74, 6) is 0.0805. The summed E-state index contributed by atoms with van der Waals surface area (Å²) >= 11 is 0. The topological polar surface area (TPSA) is 79.0 Å². The molecule has 0 unspecified atom stereocenters. The van der Waals surface area contributed by atoms with Gasteiger partial charge in [0.15, 0.2) is 5.78 Å². The van der Waals surface area contributed by atoms with E-state index in [0.717, 1.165) is 6.04 Å². The molecule has 1 N–H and O–H groups in total. The molecule has 1 aliphatic carbocycles. The molecular formula is C29H45N3O4S2. The Morgan fingerprint density at radius 1 is 1.00 bits per heavy atom. The molecule has 0 aromatic heterocycles. The number of nitrogens with one attached hydrogen (secondary N) is 1. The van der Waals surface area contributed by atoms with Crippen LogP contribution in [0.1, 0.15) is 87.6 Å². The minimum Gasteiger partial charge on any atom is -0.368 e. The fraction of sp³-hybridized carbons (Fsp3) is 0.690. The summed E-state index contributed by atoms with van der Waals surface area (Å²) in [6.45, 7) is 9.06. The molecule has 5 rings (SSSR count). The van der Waals surface area contributed by atoms with E-state index in [2.05, 4.69) is 43.1 Å². The van der Waals surface area contributed by atoms with E-state index in [4.69, 9.17) is 4.74 Å². The third-order valence-electron chi connectivity index (χ3n) is 8.58. The minimum atomic E-state index is -0.680. The lowest BCUT2D eigenvalue weighted by atomic mass is 9.85. The van der Waals surface area contributed by atoms with E-state index in [0.29, 0.717) is 30.9 Å². The molecule has 212 valence electrons. The standard InChI is InChI=1S/C29H41N3O4.2H2S/c1-29(2,3)17-23(28(35)32-16-13-25-26(32)24(33)18-36-25)30-27(34)21-9-7-19(8-10-21)20-11-14-31(15-12-20)22-5-4-6-22;;/h7-10,20,22-23,25-26H,4-6,11-18H2,1-3H3,(H,30,34);2*1H2/t23-,25+,26+;;/m0../s1. The van der Waals surface area contributed by atoms with Gasteiger partial charge in [-0.3, -0.25) is 14.4 Å². The largest absolute Gasteiger partial charge is 0.368 e. The van der Waals surface area contributed by atoms with Crippen LogP contribution in [0, 0.1) is 5.41 Å². The van der Waals surface area contributed by atoms with E-state index in [1.807, 2.05) is 12.1 Å². The van der Waals surface area contributed by atoms with Gasteiger partial charge < -0.3 is 19.9 Å². The molecule has 7 nitrogen and oxygen atoms in total. The van der Waals surface area contributed by atoms with Crippen molar-refractivity contribution in [1.82, 2.24) is 15.1 Å². The Balaban J connectivity index is 0.00000200. The maximum absolute atomic E-state index is 13.5. The fourth-order valence-corrected chi connectivity index (χ4v) is 6.35. The summed E-state index contributed by atoms with van der Waals surface area (Å²) in [5, 5.41) is 3.00. The number of ketones is 1. The second kappa shape index (κ2) is 12.7. The number of Topliss-reactive ketones (excluding diaryl/α,β-unsaturated/α-hetero) is 1. The van der Waals surface area contributed by atoms with Gasteiger partial charge in [-0.2, -0.15) is 27.0 Å². The quantitative estimate of drug-likeness (QED) is 0.571. The van der Waals surface area contributed by atoms with E-state index < -0.39 is 12.1 Å². The zero-order valence-corrected chi connectivity index (χ0v) is 25.0. The fourth-order valence-electron chi connectivity index (χ4n) is 6.35. The van der Waals surface area contributed by atoms with Crippen LogP contribution in [0.25, 0.3) is 0 Å². The summed E-state index contributed by atoms with van der Waals surface area (Å²) in [5.41, 5.74) is 1.70. The van der Waals surface area contributed by atoms with Gasteiger partial charge in [-0.05, 0) is 80.6 Å². The van der Waals surface area contributed by atoms with Gasteiger partial charge >= 0.3 is 0 Å². The van der Waals surface area contributed by atoms with Gasteiger partial charge in [0, 0.05) is 18.2 Å². The Hall–Kier alpha value is -1.55. The van der Waals surface area contributed by atoms with Crippen molar-refractivity contribution >= 4 is 44.6 Å². The zero-order valence-electron chi connectivity index (χ0n) is 23.0. The van der Waals surface area contributed by atoms with E-state index in [9.17, 15) is 14.4 Å². The van der Waals surface area contributed by atoms with Crippen LogP contribution in [0.3, 0.4) is 0 Å². The second-order valence-corrected chi connectivity index (χ2v) is 12.4. The monoisotopic (exact) mass is 563 g/mol. The summed E-state index contributed by atoms with van der Waals surface area (Å²) in [4.78, 5) is 43.4. The lowest BCUT2D eigenvalue weighted by molar-refractivity contribution is -0.138. The summed E-state index contributed by atoms with van der Waals surface area (Å²) < 4.78 is 5.55. The molecule has 4 aliphatic rings. The van der Waals surface area contributed by atoms with Crippen molar-refractivity contribution in [3.8, 4) is 0 Å². The molecule has 1 saturated carbocycles. The number of amides is 2. The van der Waals surface area contributed by atoms with Gasteiger partial charge in [0.05, 0.1) is 6.10 Å². The SMILES string of the molecule is CC(C)(C)C[C@H](NC(=O)c1ccc(C2CCN(C3CCC3)CC2)cc1)C(=O)N1CC[C@H]2OCC(=O)[C@H]21.S.S. The first-order valence-corrected chi connectivity index (χ1v) is 13.8. The minimum absolute atomic E-state index is 0. The van der Waals surface area contributed by atoms with Crippen molar-refractivity contribution in [2.45, 2.75) is 95.9 Å². The first-order valence-electron chi connectivity index (χ1n) is 13.8. The van der Waals surface area contributed by atoms with Crippen molar-refractivity contribution in [2.24, 2.45) is 5.41 Å². The molecule has 1 aromatic rings. The number of nitrogens with zero attached hydrogens (tertiary/aromatic N) is 2. The van der Waals surface area contributed by atoms with Crippen LogP contribution >= 0.6 is 27.0 Å². The zero-order chi connectivity index (χ0) is 25.4. The maximum atomic E-state index is 13.5. The number of likely N-dealkylation sites (tertiary alicyclic amines) is 2. The number of hydrogen-bond donors (Lipinski definition) is 1. The Bertz CT molecular complexity index is 985. The van der Waals surface area contributed by atoms with Crippen LogP contribution in [0.15, 0.2) is 24.3 Å². The molecule has 1 aromatic carbocycles. The average molecular weight is 564 g/mol. The Labute approximate surface area is 241 Å². The van der Waals surface area contributed by atoms with Crippen LogP contribution in [-0.2, 0) is 14.3 Å². The van der Waals surface area contributed by atoms with E-state index in [1.54, 1.807) is 4.90 Å². The Morgan fingerprint density at radius 3 is 2.24 bits per heavy atom. The molecule has 0 spiro atoms. The summed E-state index contributed by atoms with van der Waals surface area (Å²) in [7, 11) is 0. The molecule has 38 heavy (non-hydrogen) atoms. The van der Waals surface area contributed by atoms with E-state index in [-0.39, 0.29) is 62.7 Å². The number of hydrogen-bond acceptors (Lipinski definition) is 5. The normalized spacial score (nSPS) is 25.1. The summed E-state index contributed by atoms with van der Waals surface area (Å²) in [6, 6.07) is 7.57. The van der Waals surface area contributed by atoms with Crippen LogP contribution < -0.4 is 5.32 Å². The molecule has 3 saturated heterocycles. The van der Waals surface area contributed by atoms with E-state index in [1.165, 1.54) is 50.8 Å². The number of piperidine rings is 1. The third kappa shape index (κ3) is 6.77. The number of rotatable bonds is 6. The molecule has 4 fully saturated rings. The highest BCUT2D eigenvalue weighted by molar-refractivity contribution is 7.59. The van der Waals surface area contributed by atoms with Crippen LogP contribution in [-0.4, -0.2) is 77.9 Å². The van der Waals surface area contributed by atoms with Crippen molar-refractivity contribution < 1.29 is 19.1 Å². The van der Waals surface area contributed by atoms with Crippen LogP contribution in [0.5, 0.6) is 0 Å². The Morgan fingerprint density at radius 2 is 1.66 bits per heavy atom. The molecular weight excluding hydrogens is 518 g/mol. The third-order valence-corrected chi connectivity index (χ3v) is 8.58. The van der Waals surface area contributed by atoms with Crippen LogP contribution in [0.4, 0.5) is 0 Å². The number of ether oxygens (including phenoxy) is 1. The predicted octanol–water partition coefficient (Wildman–Crippen LogP) is 3.75. The average Bonchev–Trinajstić information content (AvgIpc) is 3.40. The van der Waals surface area contributed by atoms with E-state index >= 15 is 0 Å². The van der Waals surface area contributed by atoms with Crippen LogP contribution in [0.2, 0.25) is 0 Å². The van der Waals surface area contributed by atoms with Gasteiger partial charge in [0.2, 0.25) is 5.91 Å². The molecule has 0 bridgehead atoms. The molecule has 0 radical (unpaired) electrons. The maximum Gasteiger partial charge on any atom is 0.251 e. The van der Waals surface area contributed by atoms with Gasteiger partial charge in [0.1, 0.15) is 18.7 Å². The molecule has 3 heterocycles. The van der Waals surface area contributed by atoms with Gasteiger partial charge in [-0.25, -0.2) is 0 Å². The summed E-state index contributed by atoms with van der Waals surface area (Å²) in [6.07, 6.45) is 7.39. The smallest absolute Gasteiger partial charge is 0.251 e. The van der Waals surface area contributed by atoms with Gasteiger partial charge in [-0.1, -0.05) is 39.3 Å². The van der Waals surface area contributed by atoms with Gasteiger partial charge in [0.25, 0.3) is 5.91 Å². The first kappa shape index (κ1) is 31.0. The van der Waals surface area contributed by atoms with Crippen molar-refractivity contribution in [3.63, 3.8) is 0 Å². The lowest BCUT2D eigenvalue weighted by Gasteiger charge is -2.42. The molecule has 2 amide bonds. The number of benzene rings is 1. The second-order valence-electron chi connectivity index (χ2n) is 12.4. The highest BCUT2D eigenvalue weighted by Crippen LogP contribution is 2.34. The highest BCUT2D eigenvalue weighted by atomic mass is 32.1. The first-order chi connectivity index (χ1) is 17.2. The molecule has 9 heteroatoms. The van der Waals surface area contributed by atoms with Crippen molar-refractivity contribution in [1.29, 1.82) is 0 Å². The van der Waals surface area contributed by atoms with Crippen molar-refractivity contribution in [2.75, 3.05) is 26.2 Å². The molecule has 3 aliphatic heterocycles. The lowest BCUT2D eigenvalue weighted by Crippen LogP contribution is -2.53. The predicted molar refractivity (Wildman–Crippen MR) is 159 cm³/mol. The highest BCUT2D eigenvalue weighted by Gasteiger charge is 2.48. The van der Waals surface area contributed by atoms with Crippen molar-refractivity contribution in [3.05, 3.63) is 35.4 Å². The van der Waals surface area contributed by atoms with Gasteiger partial charge in [-0.15, -0.1) is 0 Å². The number of fused-ring (bicyclic) bond motifs is 1. The Kier molecular flexibility index (Phi) is 10.4. The molecule has 3 atom stereocenters.